The van der Waals surface area contributed by atoms with Crippen LogP contribution >= 0.6 is 27.7 Å². The molecule has 2 rings (SSSR count). The molecule has 1 unspecified atom stereocenters. The van der Waals surface area contributed by atoms with Crippen LogP contribution in [0.1, 0.15) is 13.3 Å². The fourth-order valence-corrected chi connectivity index (χ4v) is 3.01. The Balaban J connectivity index is 2.13. The Morgan fingerprint density at radius 1 is 1.52 bits per heavy atom. The highest BCUT2D eigenvalue weighted by atomic mass is 79.9. The number of aryl methyl sites for hydroxylation is 1. The van der Waals surface area contributed by atoms with Gasteiger partial charge >= 0.3 is 10.7 Å². The Bertz CT molecular complexity index is 698. The Labute approximate surface area is 134 Å². The number of rotatable bonds is 5. The van der Waals surface area contributed by atoms with Gasteiger partial charge < -0.3 is 5.32 Å². The third-order valence-corrected chi connectivity index (χ3v) is 4.99. The van der Waals surface area contributed by atoms with Crippen LogP contribution < -0.4 is 15.6 Å². The number of nitrogens with one attached hydrogen (secondary N) is 2. The van der Waals surface area contributed by atoms with Crippen LogP contribution in [0.3, 0.4) is 0 Å². The molecule has 6 nitrogen and oxygen atoms in total. The number of thioether (sulfide) groups is 1. The minimum absolute atomic E-state index is 0.157. The van der Waals surface area contributed by atoms with Gasteiger partial charge in [0.05, 0.1) is 10.9 Å². The van der Waals surface area contributed by atoms with Crippen LogP contribution in [0, 0.1) is 0 Å². The van der Waals surface area contributed by atoms with Crippen molar-refractivity contribution in [1.82, 2.24) is 5.27 Å². The molecule has 1 amide bonds. The summed E-state index contributed by atoms with van der Waals surface area (Å²) in [5.74, 6) is -0.157. The SMILES string of the molecule is CCC(Sc1c(=O)o[nH][n+]1C)C(=O)Nc1ccccc1Br. The van der Waals surface area contributed by atoms with Crippen LogP contribution in [-0.2, 0) is 11.8 Å². The van der Waals surface area contributed by atoms with Gasteiger partial charge in [0.2, 0.25) is 5.91 Å². The molecule has 0 aliphatic rings. The number of anilines is 1. The van der Waals surface area contributed by atoms with E-state index >= 15 is 0 Å². The number of benzene rings is 1. The second-order valence-electron chi connectivity index (χ2n) is 4.33. The molecule has 0 bridgehead atoms. The van der Waals surface area contributed by atoms with Gasteiger partial charge in [-0.15, -0.1) is 0 Å². The molecule has 8 heteroatoms. The van der Waals surface area contributed by atoms with Gasteiger partial charge in [-0.1, -0.05) is 23.7 Å². The molecule has 0 radical (unpaired) electrons. The van der Waals surface area contributed by atoms with Crippen molar-refractivity contribution in [1.29, 1.82) is 0 Å². The van der Waals surface area contributed by atoms with Crippen LogP contribution in [0.4, 0.5) is 5.69 Å². The number of carbonyl (C=O) groups excluding carboxylic acids is 1. The van der Waals surface area contributed by atoms with Gasteiger partial charge in [-0.2, -0.15) is 0 Å². The molecule has 0 saturated carbocycles. The molecule has 0 aliphatic heterocycles. The van der Waals surface area contributed by atoms with E-state index in [1.54, 1.807) is 7.05 Å². The van der Waals surface area contributed by atoms with E-state index in [1.165, 1.54) is 16.4 Å². The van der Waals surface area contributed by atoms with Gasteiger partial charge in [0.1, 0.15) is 0 Å². The number of halogens is 1. The van der Waals surface area contributed by atoms with Gasteiger partial charge in [0.25, 0.3) is 0 Å². The number of para-hydroxylation sites is 1. The number of aromatic nitrogens is 2. The van der Waals surface area contributed by atoms with E-state index in [4.69, 9.17) is 0 Å². The third kappa shape index (κ3) is 3.76. The van der Waals surface area contributed by atoms with Crippen molar-refractivity contribution in [2.75, 3.05) is 5.32 Å². The molecular weight excluding hydrogens is 358 g/mol. The monoisotopic (exact) mass is 372 g/mol. The molecule has 1 atom stereocenters. The zero-order chi connectivity index (χ0) is 15.4. The molecule has 0 aliphatic carbocycles. The van der Waals surface area contributed by atoms with Crippen LogP contribution in [0.5, 0.6) is 0 Å². The van der Waals surface area contributed by atoms with E-state index in [-0.39, 0.29) is 11.2 Å². The minimum Gasteiger partial charge on any atom is -0.324 e. The van der Waals surface area contributed by atoms with E-state index in [9.17, 15) is 9.59 Å². The average Bonchev–Trinajstić information content (AvgIpc) is 2.78. The Hall–Kier alpha value is -1.54. The van der Waals surface area contributed by atoms with Gasteiger partial charge in [0, 0.05) is 4.47 Å². The Morgan fingerprint density at radius 2 is 2.24 bits per heavy atom. The number of aromatic amines is 1. The second kappa shape index (κ2) is 6.95. The van der Waals surface area contributed by atoms with Gasteiger partial charge in [0.15, 0.2) is 7.05 Å². The molecule has 112 valence electrons. The number of hydrogen-bond donors (Lipinski definition) is 2. The Kier molecular flexibility index (Phi) is 5.24. The first kappa shape index (κ1) is 15.8. The largest absolute Gasteiger partial charge is 0.441 e. The lowest BCUT2D eigenvalue weighted by atomic mass is 10.3. The van der Waals surface area contributed by atoms with Crippen LogP contribution in [0.15, 0.2) is 43.1 Å². The molecule has 2 aromatic rings. The number of H-pyrrole nitrogens is 1. The first-order valence-corrected chi connectivity index (χ1v) is 7.99. The summed E-state index contributed by atoms with van der Waals surface area (Å²) < 4.78 is 6.95. The fraction of sp³-hybridized carbons (Fsp3) is 0.308. The number of hydrogen-bond acceptors (Lipinski definition) is 4. The van der Waals surface area contributed by atoms with Crippen molar-refractivity contribution in [2.24, 2.45) is 7.05 Å². The first-order valence-electron chi connectivity index (χ1n) is 6.32. The summed E-state index contributed by atoms with van der Waals surface area (Å²) in [5, 5.41) is 5.26. The van der Waals surface area contributed by atoms with Crippen LogP contribution in [0.25, 0.3) is 0 Å². The standard InChI is InChI=1S/C13H14BrN3O3S/c1-3-10(21-12-13(19)20-16-17(12)2)11(18)15-9-7-5-4-6-8(9)14/h4-7,10H,3H2,1-2H3,(H-,15,16,18,19)/p+1. The molecule has 21 heavy (non-hydrogen) atoms. The minimum atomic E-state index is -0.477. The Morgan fingerprint density at radius 3 is 2.81 bits per heavy atom. The van der Waals surface area contributed by atoms with Gasteiger partial charge in [-0.3, -0.25) is 9.32 Å². The van der Waals surface area contributed by atoms with Crippen molar-refractivity contribution < 1.29 is 14.0 Å². The van der Waals surface area contributed by atoms with E-state index in [0.29, 0.717) is 17.1 Å². The predicted octanol–water partition coefficient (Wildman–Crippen LogP) is 2.06. The fourth-order valence-electron chi connectivity index (χ4n) is 1.69. The maximum absolute atomic E-state index is 12.3. The summed E-state index contributed by atoms with van der Waals surface area (Å²) in [6, 6.07) is 7.38. The molecule has 0 spiro atoms. The van der Waals surface area contributed by atoms with Crippen molar-refractivity contribution in [3.63, 3.8) is 0 Å². The third-order valence-electron chi connectivity index (χ3n) is 2.80. The molecule has 1 heterocycles. The van der Waals surface area contributed by atoms with Crippen LogP contribution in [0.2, 0.25) is 0 Å². The maximum Gasteiger partial charge on any atom is 0.441 e. The smallest absolute Gasteiger partial charge is 0.324 e. The maximum atomic E-state index is 12.3. The summed E-state index contributed by atoms with van der Waals surface area (Å²) in [6.07, 6.45) is 0.589. The van der Waals surface area contributed by atoms with Crippen molar-refractivity contribution in [3.05, 3.63) is 39.2 Å². The lowest BCUT2D eigenvalue weighted by Gasteiger charge is -2.12. The number of carbonyl (C=O) groups is 1. The number of nitrogens with zero attached hydrogens (tertiary/aromatic N) is 1. The predicted molar refractivity (Wildman–Crippen MR) is 83.2 cm³/mol. The first-order chi connectivity index (χ1) is 10.0. The van der Waals surface area contributed by atoms with Gasteiger partial charge in [-0.25, -0.2) is 4.79 Å². The molecule has 2 N–H and O–H groups in total. The summed E-state index contributed by atoms with van der Waals surface area (Å²) in [7, 11) is 1.66. The second-order valence-corrected chi connectivity index (χ2v) is 6.37. The molecule has 0 saturated heterocycles. The summed E-state index contributed by atoms with van der Waals surface area (Å²) in [5.41, 5.74) is 0.224. The lowest BCUT2D eigenvalue weighted by Crippen LogP contribution is -2.35. The van der Waals surface area contributed by atoms with Gasteiger partial charge in [-0.05, 0) is 51.5 Å². The summed E-state index contributed by atoms with van der Waals surface area (Å²) >= 11 is 4.56. The molecule has 0 fully saturated rings. The topological polar surface area (TPSA) is 79.0 Å². The highest BCUT2D eigenvalue weighted by molar-refractivity contribution is 9.10. The molecule has 1 aromatic carbocycles. The van der Waals surface area contributed by atoms with E-state index in [2.05, 4.69) is 31.0 Å². The van der Waals surface area contributed by atoms with E-state index < -0.39 is 5.63 Å². The van der Waals surface area contributed by atoms with Crippen molar-refractivity contribution in [3.8, 4) is 0 Å². The molecule has 1 aromatic heterocycles. The quantitative estimate of drug-likeness (QED) is 0.621. The average molecular weight is 373 g/mol. The highest BCUT2D eigenvalue weighted by Crippen LogP contribution is 2.25. The van der Waals surface area contributed by atoms with Crippen LogP contribution in [-0.4, -0.2) is 16.4 Å². The normalized spacial score (nSPS) is 12.1. The van der Waals surface area contributed by atoms with E-state index in [1.807, 2.05) is 31.2 Å². The van der Waals surface area contributed by atoms with E-state index in [0.717, 1.165) is 4.47 Å². The zero-order valence-corrected chi connectivity index (χ0v) is 14.0. The molecular formula is C13H15BrN3O3S+. The number of amides is 1. The van der Waals surface area contributed by atoms with Crippen molar-refractivity contribution >= 4 is 39.3 Å². The summed E-state index contributed by atoms with van der Waals surface area (Å²) in [4.78, 5) is 23.9. The lowest BCUT2D eigenvalue weighted by molar-refractivity contribution is -0.772. The summed E-state index contributed by atoms with van der Waals surface area (Å²) in [6.45, 7) is 1.89. The van der Waals surface area contributed by atoms with Crippen molar-refractivity contribution in [2.45, 2.75) is 23.6 Å². The highest BCUT2D eigenvalue weighted by Gasteiger charge is 2.27. The zero-order valence-electron chi connectivity index (χ0n) is 11.6.